The van der Waals surface area contributed by atoms with Crippen LogP contribution in [0, 0.1) is 29.6 Å². The van der Waals surface area contributed by atoms with Crippen molar-refractivity contribution >= 4 is 11.5 Å². The third-order valence-corrected chi connectivity index (χ3v) is 1.92. The van der Waals surface area contributed by atoms with E-state index in [1.54, 1.807) is 6.92 Å². The molecule has 1 aromatic heterocycles. The van der Waals surface area contributed by atoms with Gasteiger partial charge in [0.25, 0.3) is 0 Å². The Bertz CT molecular complexity index is 326. The molecule has 0 saturated heterocycles. The van der Waals surface area contributed by atoms with Crippen LogP contribution in [0.25, 0.3) is 0 Å². The second-order valence-corrected chi connectivity index (χ2v) is 2.47. The summed E-state index contributed by atoms with van der Waals surface area (Å²) in [6.45, 7) is 1.72. The summed E-state index contributed by atoms with van der Waals surface area (Å²) in [6, 6.07) is 3.82. The van der Waals surface area contributed by atoms with Gasteiger partial charge in [-0.25, -0.2) is 0 Å². The maximum Gasteiger partial charge on any atom is 0.143 e. The lowest BCUT2D eigenvalue weighted by Crippen LogP contribution is -1.77. The summed E-state index contributed by atoms with van der Waals surface area (Å²) < 4.78 is 3.85. The van der Waals surface area contributed by atoms with Crippen molar-refractivity contribution in [2.75, 3.05) is 0 Å². The lowest BCUT2D eigenvalue weighted by molar-refractivity contribution is 1.31. The highest BCUT2D eigenvalue weighted by Gasteiger charge is 2.07. The predicted molar refractivity (Wildman–Crippen MR) is 36.3 cm³/mol. The molecule has 0 aromatic carbocycles. The van der Waals surface area contributed by atoms with Gasteiger partial charge >= 0.3 is 0 Å². The molecule has 4 heteroatoms. The van der Waals surface area contributed by atoms with Crippen molar-refractivity contribution in [3.8, 4) is 12.1 Å². The topological polar surface area (TPSA) is 60.5 Å². The molecule has 0 aliphatic rings. The Hall–Kier alpha value is -1.39. The highest BCUT2D eigenvalue weighted by molar-refractivity contribution is 7.06. The summed E-state index contributed by atoms with van der Waals surface area (Å²) in [7, 11) is 0. The van der Waals surface area contributed by atoms with Gasteiger partial charge in [0.15, 0.2) is 0 Å². The average Bonchev–Trinajstić information content (AvgIpc) is 2.30. The van der Waals surface area contributed by atoms with Crippen LogP contribution in [-0.4, -0.2) is 4.37 Å². The van der Waals surface area contributed by atoms with Crippen molar-refractivity contribution in [3.63, 3.8) is 0 Å². The highest BCUT2D eigenvalue weighted by Crippen LogP contribution is 2.14. The SMILES string of the molecule is Cc1nsc(C#N)c1C#N. The van der Waals surface area contributed by atoms with Crippen molar-refractivity contribution in [1.29, 1.82) is 10.5 Å². The van der Waals surface area contributed by atoms with Gasteiger partial charge in [-0.3, -0.25) is 0 Å². The minimum Gasteiger partial charge on any atom is -0.195 e. The Labute approximate surface area is 62.3 Å². The molecule has 3 nitrogen and oxygen atoms in total. The van der Waals surface area contributed by atoms with Crippen LogP contribution in [0.5, 0.6) is 0 Å². The third kappa shape index (κ3) is 0.854. The largest absolute Gasteiger partial charge is 0.195 e. The van der Waals surface area contributed by atoms with Crippen LogP contribution in [-0.2, 0) is 0 Å². The lowest BCUT2D eigenvalue weighted by Gasteiger charge is -1.78. The molecule has 48 valence electrons. The average molecular weight is 149 g/mol. The van der Waals surface area contributed by atoms with Gasteiger partial charge in [0.05, 0.1) is 5.69 Å². The normalized spacial score (nSPS) is 8.30. The summed E-state index contributed by atoms with van der Waals surface area (Å²) >= 11 is 1.07. The van der Waals surface area contributed by atoms with E-state index in [0.717, 1.165) is 11.5 Å². The Morgan fingerprint density at radius 2 is 2.10 bits per heavy atom. The zero-order chi connectivity index (χ0) is 7.56. The van der Waals surface area contributed by atoms with Crippen LogP contribution in [0.4, 0.5) is 0 Å². The molecule has 0 spiro atoms. The van der Waals surface area contributed by atoms with E-state index in [-0.39, 0.29) is 0 Å². The first-order chi connectivity index (χ1) is 4.79. The monoisotopic (exact) mass is 149 g/mol. The van der Waals surface area contributed by atoms with Gasteiger partial charge in [0, 0.05) is 0 Å². The Balaban J connectivity index is 3.34. The van der Waals surface area contributed by atoms with Crippen LogP contribution in [0.15, 0.2) is 0 Å². The molecule has 0 unspecified atom stereocenters. The number of hydrogen-bond acceptors (Lipinski definition) is 4. The van der Waals surface area contributed by atoms with Crippen molar-refractivity contribution < 1.29 is 0 Å². The van der Waals surface area contributed by atoms with Gasteiger partial charge in [-0.05, 0) is 18.5 Å². The standard InChI is InChI=1S/C6H3N3S/c1-4-5(2-7)6(3-8)10-9-4/h1H3. The van der Waals surface area contributed by atoms with Crippen LogP contribution >= 0.6 is 11.5 Å². The minimum absolute atomic E-state index is 0.403. The van der Waals surface area contributed by atoms with Gasteiger partial charge in [0.1, 0.15) is 22.6 Å². The second kappa shape index (κ2) is 2.47. The van der Waals surface area contributed by atoms with Gasteiger partial charge in [-0.1, -0.05) is 0 Å². The molecule has 1 aromatic rings. The zero-order valence-corrected chi connectivity index (χ0v) is 6.07. The van der Waals surface area contributed by atoms with E-state index in [1.165, 1.54) is 0 Å². The molecular formula is C6H3N3S. The fraction of sp³-hybridized carbons (Fsp3) is 0.167. The molecule has 1 heterocycles. The van der Waals surface area contributed by atoms with E-state index in [0.29, 0.717) is 16.1 Å². The molecule has 10 heavy (non-hydrogen) atoms. The van der Waals surface area contributed by atoms with Crippen molar-refractivity contribution in [2.45, 2.75) is 6.92 Å². The van der Waals surface area contributed by atoms with Gasteiger partial charge < -0.3 is 0 Å². The van der Waals surface area contributed by atoms with Crippen LogP contribution in [0.2, 0.25) is 0 Å². The second-order valence-electron chi connectivity index (χ2n) is 1.70. The maximum absolute atomic E-state index is 8.48. The molecule has 0 aliphatic heterocycles. The number of hydrogen-bond donors (Lipinski definition) is 0. The molecule has 0 N–H and O–H groups in total. The molecule has 1 rings (SSSR count). The van der Waals surface area contributed by atoms with Crippen molar-refractivity contribution in [1.82, 2.24) is 4.37 Å². The van der Waals surface area contributed by atoms with Crippen LogP contribution in [0.1, 0.15) is 16.1 Å². The van der Waals surface area contributed by atoms with Crippen molar-refractivity contribution in [3.05, 3.63) is 16.1 Å². The van der Waals surface area contributed by atoms with Crippen molar-refractivity contribution in [2.24, 2.45) is 0 Å². The fourth-order valence-electron chi connectivity index (χ4n) is 0.578. The molecule has 0 aliphatic carbocycles. The van der Waals surface area contributed by atoms with E-state index >= 15 is 0 Å². The molecular weight excluding hydrogens is 146 g/mol. The first kappa shape index (κ1) is 6.73. The molecule has 0 bridgehead atoms. The Kier molecular flexibility index (Phi) is 1.66. The molecule has 0 radical (unpaired) electrons. The van der Waals surface area contributed by atoms with E-state index in [4.69, 9.17) is 10.5 Å². The maximum atomic E-state index is 8.48. The van der Waals surface area contributed by atoms with E-state index in [1.807, 2.05) is 12.1 Å². The van der Waals surface area contributed by atoms with Crippen LogP contribution in [0.3, 0.4) is 0 Å². The molecule has 0 atom stereocenters. The summed E-state index contributed by atoms with van der Waals surface area (Å²) in [5.74, 6) is 0. The smallest absolute Gasteiger partial charge is 0.143 e. The molecule has 0 fully saturated rings. The predicted octanol–water partition coefficient (Wildman–Crippen LogP) is 1.19. The van der Waals surface area contributed by atoms with E-state index < -0.39 is 0 Å². The number of aromatic nitrogens is 1. The summed E-state index contributed by atoms with van der Waals surface area (Å²) in [4.78, 5) is 0.403. The first-order valence-electron chi connectivity index (χ1n) is 2.56. The number of aryl methyl sites for hydroxylation is 1. The summed E-state index contributed by atoms with van der Waals surface area (Å²) in [6.07, 6.45) is 0. The lowest BCUT2D eigenvalue weighted by atomic mass is 10.2. The van der Waals surface area contributed by atoms with Gasteiger partial charge in [-0.2, -0.15) is 14.9 Å². The molecule has 0 saturated carbocycles. The summed E-state index contributed by atoms with van der Waals surface area (Å²) in [5, 5.41) is 16.9. The number of nitriles is 2. The fourth-order valence-corrected chi connectivity index (χ4v) is 1.22. The zero-order valence-electron chi connectivity index (χ0n) is 5.25. The van der Waals surface area contributed by atoms with Gasteiger partial charge in [-0.15, -0.1) is 0 Å². The first-order valence-corrected chi connectivity index (χ1v) is 3.33. The minimum atomic E-state index is 0.403. The number of rotatable bonds is 0. The molecule has 0 amide bonds. The van der Waals surface area contributed by atoms with Crippen LogP contribution < -0.4 is 0 Å². The quantitative estimate of drug-likeness (QED) is 0.556. The number of nitrogens with zero attached hydrogens (tertiary/aromatic N) is 3. The Morgan fingerprint density at radius 1 is 1.40 bits per heavy atom. The Morgan fingerprint density at radius 3 is 2.50 bits per heavy atom. The third-order valence-electron chi connectivity index (χ3n) is 1.08. The van der Waals surface area contributed by atoms with E-state index in [9.17, 15) is 0 Å². The highest BCUT2D eigenvalue weighted by atomic mass is 32.1. The van der Waals surface area contributed by atoms with E-state index in [2.05, 4.69) is 4.37 Å². The van der Waals surface area contributed by atoms with Gasteiger partial charge in [0.2, 0.25) is 0 Å². The summed E-state index contributed by atoms with van der Waals surface area (Å²) in [5.41, 5.74) is 1.05.